The number of nitrogens with zero attached hydrogens (tertiary/aromatic N) is 2. The molecular weight excluding hydrogens is 825 g/mol. The first-order chi connectivity index (χ1) is 33.2. The fraction of sp³-hybridized carbons (Fsp3) is 0.438. The van der Waals surface area contributed by atoms with Crippen LogP contribution in [0.15, 0.2) is 60.7 Å². The van der Waals surface area contributed by atoms with E-state index in [0.29, 0.717) is 0 Å². The molecule has 2 aromatic carbocycles. The third-order valence-electron chi connectivity index (χ3n) is 14.8. The minimum Gasteiger partial charge on any atom is -0.354 e. The fourth-order valence-corrected chi connectivity index (χ4v) is 10.8. The van der Waals surface area contributed by atoms with Crippen molar-refractivity contribution < 1.29 is 0 Å². The lowest BCUT2D eigenvalue weighted by Crippen LogP contribution is -1.94. The summed E-state index contributed by atoms with van der Waals surface area (Å²) in [6.07, 6.45) is 35.3. The number of H-pyrrole nitrogens is 2. The number of hydrogen-bond acceptors (Lipinski definition) is 2. The minimum absolute atomic E-state index is 0.859. The lowest BCUT2D eigenvalue weighted by molar-refractivity contribution is 0.667. The molecule has 68 heavy (non-hydrogen) atoms. The van der Waals surface area contributed by atoms with Gasteiger partial charge in [-0.2, -0.15) is 0 Å². The van der Waals surface area contributed by atoms with Crippen LogP contribution in [0.25, 0.3) is 66.6 Å². The van der Waals surface area contributed by atoms with Gasteiger partial charge in [0, 0.05) is 33.3 Å². The fourth-order valence-electron chi connectivity index (χ4n) is 10.8. The van der Waals surface area contributed by atoms with Crippen LogP contribution in [0.1, 0.15) is 213 Å². The van der Waals surface area contributed by atoms with E-state index in [1.54, 1.807) is 0 Å². The van der Waals surface area contributed by atoms with Crippen LogP contribution in [0.2, 0.25) is 0 Å². The van der Waals surface area contributed by atoms with Crippen molar-refractivity contribution in [3.05, 3.63) is 117 Å². The van der Waals surface area contributed by atoms with Crippen molar-refractivity contribution in [2.24, 2.45) is 0 Å². The zero-order chi connectivity index (χ0) is 48.2. The lowest BCUT2D eigenvalue weighted by Gasteiger charge is -2.11. The first-order valence-electron chi connectivity index (χ1n) is 26.5. The van der Waals surface area contributed by atoms with E-state index in [1.165, 1.54) is 122 Å². The summed E-state index contributed by atoms with van der Waals surface area (Å²) >= 11 is 0. The van der Waals surface area contributed by atoms with Gasteiger partial charge in [-0.05, 0) is 171 Å². The Morgan fingerprint density at radius 3 is 1.22 bits per heavy atom. The number of aromatic amines is 2. The molecule has 0 saturated heterocycles. The Labute approximate surface area is 410 Å². The van der Waals surface area contributed by atoms with Gasteiger partial charge in [0.15, 0.2) is 0 Å². The Kier molecular flexibility index (Phi) is 17.6. The number of aryl methyl sites for hydroxylation is 4. The van der Waals surface area contributed by atoms with E-state index < -0.39 is 0 Å². The molecule has 0 aliphatic carbocycles. The van der Waals surface area contributed by atoms with Gasteiger partial charge in [0.05, 0.1) is 33.8 Å². The monoisotopic (exact) mass is 903 g/mol. The topological polar surface area (TPSA) is 57.4 Å². The summed E-state index contributed by atoms with van der Waals surface area (Å²) in [6.45, 7) is 18.5. The summed E-state index contributed by atoms with van der Waals surface area (Å²) < 4.78 is 0. The maximum atomic E-state index is 6.15. The zero-order valence-electron chi connectivity index (χ0n) is 43.0. The average Bonchev–Trinajstić information content (AvgIpc) is 4.03. The number of nitrogens with one attached hydrogen (secondary N) is 2. The van der Waals surface area contributed by atoms with Gasteiger partial charge in [0.1, 0.15) is 0 Å². The molecule has 4 nitrogen and oxygen atoms in total. The molecule has 8 bridgehead atoms. The third-order valence-corrected chi connectivity index (χ3v) is 14.8. The van der Waals surface area contributed by atoms with Gasteiger partial charge in [-0.15, -0.1) is 12.8 Å². The van der Waals surface area contributed by atoms with E-state index in [0.717, 1.165) is 130 Å². The van der Waals surface area contributed by atoms with Crippen molar-refractivity contribution in [2.45, 2.75) is 184 Å². The van der Waals surface area contributed by atoms with E-state index in [9.17, 15) is 0 Å². The molecule has 0 amide bonds. The number of benzene rings is 2. The van der Waals surface area contributed by atoms with Crippen LogP contribution in [0.4, 0.5) is 0 Å². The first-order valence-corrected chi connectivity index (χ1v) is 26.5. The molecule has 0 saturated carbocycles. The number of aromatic nitrogens is 4. The van der Waals surface area contributed by atoms with Crippen LogP contribution in [0.5, 0.6) is 0 Å². The molecule has 354 valence electrons. The number of terminal acetylenes is 2. The Morgan fingerprint density at radius 2 is 0.838 bits per heavy atom. The molecule has 0 spiro atoms. The van der Waals surface area contributed by atoms with Crippen LogP contribution < -0.4 is 0 Å². The molecular formula is C64H78N4. The van der Waals surface area contributed by atoms with E-state index in [2.05, 4.69) is 126 Å². The second-order valence-corrected chi connectivity index (χ2v) is 19.7. The van der Waals surface area contributed by atoms with Crippen molar-refractivity contribution in [3.8, 4) is 46.9 Å². The van der Waals surface area contributed by atoms with Gasteiger partial charge in [-0.25, -0.2) is 9.97 Å². The molecule has 2 aliphatic heterocycles. The highest BCUT2D eigenvalue weighted by Crippen LogP contribution is 2.45. The second-order valence-electron chi connectivity index (χ2n) is 19.7. The average molecular weight is 903 g/mol. The smallest absolute Gasteiger partial charge is 0.0769 e. The molecule has 0 fully saturated rings. The van der Waals surface area contributed by atoms with E-state index in [-0.39, 0.29) is 0 Å². The second kappa shape index (κ2) is 23.9. The van der Waals surface area contributed by atoms with Crippen LogP contribution in [-0.4, -0.2) is 19.9 Å². The zero-order valence-corrected chi connectivity index (χ0v) is 43.0. The SMILES string of the molecule is C#Cc1cccc(-c2c3nc(cc4[nH]c(c(C)c4CCCCCC)c(-c4cccc(C#C)c4)c4[nH]c(cc5nc2C(C)=C5CCCCCC)c(CCCCCC)c4C)C(CCCCCC)=C3C)c1. The maximum Gasteiger partial charge on any atom is 0.0769 e. The summed E-state index contributed by atoms with van der Waals surface area (Å²) in [6, 6.07) is 21.9. The molecule has 5 aromatic rings. The Hall–Kier alpha value is -5.84. The standard InChI is InChI=1S/C64H78N4/c1-11-17-21-25-35-51-43(7)61-59(49-33-29-31-47(15-5)39-49)62-45(9)53(37-27-23-19-13-3)57(67-62)42-58-54(38-28-24-20-14-4)46(10)64(68-58)60(50-34-30-32-48(16-6)40-50)63-44(8)52(36-26-22-18-12-2)56(66-63)41-55(51)65-61/h5-6,29-34,39-42,65,67H,11-14,17-28,35-38H2,1-4,7-10H3. The highest BCUT2D eigenvalue weighted by atomic mass is 14.8. The van der Waals surface area contributed by atoms with Crippen molar-refractivity contribution in [1.29, 1.82) is 0 Å². The molecule has 0 radical (unpaired) electrons. The molecule has 4 heteroatoms. The van der Waals surface area contributed by atoms with Crippen LogP contribution in [0.3, 0.4) is 0 Å². The van der Waals surface area contributed by atoms with Gasteiger partial charge in [-0.3, -0.25) is 0 Å². The normalized spacial score (nSPS) is 12.6. The lowest BCUT2D eigenvalue weighted by atomic mass is 9.91. The quantitative estimate of drug-likeness (QED) is 0.0537. The number of fused-ring (bicyclic) bond motifs is 8. The molecule has 2 N–H and O–H groups in total. The number of rotatable bonds is 22. The summed E-state index contributed by atoms with van der Waals surface area (Å²) in [5.41, 5.74) is 25.3. The number of allylic oxidation sites excluding steroid dienone is 4. The summed E-state index contributed by atoms with van der Waals surface area (Å²) in [4.78, 5) is 19.9. The van der Waals surface area contributed by atoms with Crippen molar-refractivity contribution >= 4 is 44.4 Å². The molecule has 7 rings (SSSR count). The van der Waals surface area contributed by atoms with Gasteiger partial charge in [0.25, 0.3) is 0 Å². The predicted octanol–water partition coefficient (Wildman–Crippen LogP) is 18.3. The summed E-state index contributed by atoms with van der Waals surface area (Å²) in [5, 5.41) is 0. The Bertz CT molecular complexity index is 2770. The van der Waals surface area contributed by atoms with Crippen molar-refractivity contribution in [2.75, 3.05) is 0 Å². The van der Waals surface area contributed by atoms with E-state index in [4.69, 9.17) is 22.8 Å². The highest BCUT2D eigenvalue weighted by molar-refractivity contribution is 6.03. The predicted molar refractivity (Wildman–Crippen MR) is 295 cm³/mol. The van der Waals surface area contributed by atoms with Crippen LogP contribution >= 0.6 is 0 Å². The highest BCUT2D eigenvalue weighted by Gasteiger charge is 2.28. The molecule has 0 atom stereocenters. The van der Waals surface area contributed by atoms with Crippen LogP contribution in [-0.2, 0) is 12.8 Å². The largest absolute Gasteiger partial charge is 0.354 e. The first kappa shape index (κ1) is 50.0. The van der Waals surface area contributed by atoms with Crippen molar-refractivity contribution in [1.82, 2.24) is 19.9 Å². The third kappa shape index (κ3) is 11.0. The number of hydrogen-bond donors (Lipinski definition) is 2. The van der Waals surface area contributed by atoms with Crippen molar-refractivity contribution in [3.63, 3.8) is 0 Å². The minimum atomic E-state index is 0.859. The van der Waals surface area contributed by atoms with Gasteiger partial charge < -0.3 is 9.97 Å². The van der Waals surface area contributed by atoms with Gasteiger partial charge in [0.2, 0.25) is 0 Å². The Morgan fingerprint density at radius 1 is 0.456 bits per heavy atom. The summed E-state index contributed by atoms with van der Waals surface area (Å²) in [5.74, 6) is 5.90. The Balaban J connectivity index is 1.71. The molecule has 5 heterocycles. The summed E-state index contributed by atoms with van der Waals surface area (Å²) in [7, 11) is 0. The maximum absolute atomic E-state index is 6.15. The molecule has 3 aromatic heterocycles. The van der Waals surface area contributed by atoms with Gasteiger partial charge >= 0.3 is 0 Å². The van der Waals surface area contributed by atoms with Crippen LogP contribution in [0, 0.1) is 38.5 Å². The van der Waals surface area contributed by atoms with E-state index in [1.807, 2.05) is 12.1 Å². The molecule has 0 unspecified atom stereocenters. The number of unbranched alkanes of at least 4 members (excludes halogenated alkanes) is 12. The van der Waals surface area contributed by atoms with E-state index >= 15 is 0 Å². The van der Waals surface area contributed by atoms with Gasteiger partial charge in [-0.1, -0.05) is 141 Å². The molecule has 2 aliphatic rings.